The number of benzene rings is 2. The van der Waals surface area contributed by atoms with Gasteiger partial charge in [-0.3, -0.25) is 14.9 Å². The first-order valence-corrected chi connectivity index (χ1v) is 9.86. The summed E-state index contributed by atoms with van der Waals surface area (Å²) in [5.41, 5.74) is 0.157. The van der Waals surface area contributed by atoms with Gasteiger partial charge in [0.1, 0.15) is 12.2 Å². The van der Waals surface area contributed by atoms with E-state index in [1.165, 1.54) is 38.7 Å². The van der Waals surface area contributed by atoms with Crippen LogP contribution in [0, 0.1) is 11.6 Å². The van der Waals surface area contributed by atoms with Crippen molar-refractivity contribution in [1.82, 2.24) is 14.9 Å². The van der Waals surface area contributed by atoms with Crippen molar-refractivity contribution in [3.8, 4) is 22.6 Å². The molecule has 1 fully saturated rings. The normalized spacial score (nSPS) is 14.4. The molecule has 0 bridgehead atoms. The number of rotatable bonds is 6. The SMILES string of the molecule is COc1cc(OC)c(F)c(-c2ccc(C(=O)OCN3CCOCC3)c3nccnc23)c1F. The van der Waals surface area contributed by atoms with Crippen LogP contribution in [0.4, 0.5) is 8.78 Å². The Hall–Kier alpha value is -3.37. The van der Waals surface area contributed by atoms with Crippen molar-refractivity contribution >= 4 is 17.0 Å². The molecule has 4 rings (SSSR count). The van der Waals surface area contributed by atoms with Gasteiger partial charge in [0.15, 0.2) is 23.1 Å². The van der Waals surface area contributed by atoms with Crippen LogP contribution in [0.15, 0.2) is 30.6 Å². The minimum atomic E-state index is -0.916. The third-order valence-electron chi connectivity index (χ3n) is 5.17. The number of aromatic nitrogens is 2. The first-order valence-electron chi connectivity index (χ1n) is 9.86. The number of ether oxygens (including phenoxy) is 4. The maximum Gasteiger partial charge on any atom is 0.341 e. The molecule has 1 aliphatic rings. The number of hydrogen-bond acceptors (Lipinski definition) is 8. The van der Waals surface area contributed by atoms with Crippen LogP contribution in [-0.4, -0.2) is 68.1 Å². The van der Waals surface area contributed by atoms with Crippen molar-refractivity contribution in [2.75, 3.05) is 47.3 Å². The molecule has 2 heterocycles. The fourth-order valence-electron chi connectivity index (χ4n) is 3.50. The van der Waals surface area contributed by atoms with Crippen LogP contribution < -0.4 is 9.47 Å². The van der Waals surface area contributed by atoms with Gasteiger partial charge in [-0.15, -0.1) is 0 Å². The fraction of sp³-hybridized carbons (Fsp3) is 0.318. The third-order valence-corrected chi connectivity index (χ3v) is 5.17. The van der Waals surface area contributed by atoms with E-state index in [-0.39, 0.29) is 46.0 Å². The molecule has 168 valence electrons. The molecule has 0 atom stereocenters. The Kier molecular flexibility index (Phi) is 6.42. The van der Waals surface area contributed by atoms with Crippen molar-refractivity contribution in [3.63, 3.8) is 0 Å². The van der Waals surface area contributed by atoms with Crippen molar-refractivity contribution < 1.29 is 32.5 Å². The summed E-state index contributed by atoms with van der Waals surface area (Å²) in [6.45, 7) is 2.55. The largest absolute Gasteiger partial charge is 0.494 e. The molecular weight excluding hydrogens is 424 g/mol. The van der Waals surface area contributed by atoms with E-state index >= 15 is 8.78 Å². The maximum atomic E-state index is 15.1. The van der Waals surface area contributed by atoms with Gasteiger partial charge < -0.3 is 18.9 Å². The van der Waals surface area contributed by atoms with Crippen molar-refractivity contribution in [2.24, 2.45) is 0 Å². The van der Waals surface area contributed by atoms with Gasteiger partial charge in [0.2, 0.25) is 0 Å². The minimum absolute atomic E-state index is 0.0992. The molecule has 0 radical (unpaired) electrons. The first-order chi connectivity index (χ1) is 15.5. The summed E-state index contributed by atoms with van der Waals surface area (Å²) in [5, 5.41) is 0. The second-order valence-corrected chi connectivity index (χ2v) is 6.99. The molecular formula is C22H21F2N3O5. The average molecular weight is 445 g/mol. The molecule has 0 unspecified atom stereocenters. The topological polar surface area (TPSA) is 83.0 Å². The van der Waals surface area contributed by atoms with Crippen LogP contribution in [0.25, 0.3) is 22.2 Å². The van der Waals surface area contributed by atoms with E-state index < -0.39 is 17.6 Å². The predicted molar refractivity (Wildman–Crippen MR) is 111 cm³/mol. The molecule has 0 N–H and O–H groups in total. The molecule has 0 amide bonds. The second-order valence-electron chi connectivity index (χ2n) is 6.99. The fourth-order valence-corrected chi connectivity index (χ4v) is 3.50. The number of nitrogens with zero attached hydrogens (tertiary/aromatic N) is 3. The molecule has 8 nitrogen and oxygen atoms in total. The highest BCUT2D eigenvalue weighted by Gasteiger charge is 2.25. The van der Waals surface area contributed by atoms with Crippen molar-refractivity contribution in [3.05, 3.63) is 47.8 Å². The zero-order chi connectivity index (χ0) is 22.7. The minimum Gasteiger partial charge on any atom is -0.494 e. The summed E-state index contributed by atoms with van der Waals surface area (Å²) in [6.07, 6.45) is 2.77. The van der Waals surface area contributed by atoms with Gasteiger partial charge in [-0.05, 0) is 6.07 Å². The number of esters is 1. The zero-order valence-corrected chi connectivity index (χ0v) is 17.6. The standard InChI is InChI=1S/C22H21F2N3O5/c1-29-15-11-16(30-2)19(24)17(18(15)23)13-3-4-14(21-20(13)25-5-6-26-21)22(28)32-12-27-7-9-31-10-8-27/h3-6,11H,7-10,12H2,1-2H3. The number of methoxy groups -OCH3 is 2. The Morgan fingerprint density at radius 2 is 1.66 bits per heavy atom. The van der Waals surface area contributed by atoms with Gasteiger partial charge in [-0.1, -0.05) is 6.07 Å². The van der Waals surface area contributed by atoms with Gasteiger partial charge >= 0.3 is 5.97 Å². The zero-order valence-electron chi connectivity index (χ0n) is 17.6. The van der Waals surface area contributed by atoms with Crippen LogP contribution in [0.2, 0.25) is 0 Å². The van der Waals surface area contributed by atoms with Crippen molar-refractivity contribution in [1.29, 1.82) is 0 Å². The molecule has 1 saturated heterocycles. The average Bonchev–Trinajstić information content (AvgIpc) is 2.83. The number of carbonyl (C=O) groups is 1. The van der Waals surface area contributed by atoms with Gasteiger partial charge in [0, 0.05) is 37.1 Å². The highest BCUT2D eigenvalue weighted by molar-refractivity contribution is 6.06. The molecule has 10 heteroatoms. The van der Waals surface area contributed by atoms with Gasteiger partial charge in [0.05, 0.1) is 44.1 Å². The summed E-state index contributed by atoms with van der Waals surface area (Å²) in [6, 6.07) is 3.95. The quantitative estimate of drug-likeness (QED) is 0.536. The van der Waals surface area contributed by atoms with Crippen LogP contribution in [0.1, 0.15) is 10.4 Å². The Morgan fingerprint density at radius 1 is 1.03 bits per heavy atom. The summed E-state index contributed by atoms with van der Waals surface area (Å²) in [5.74, 6) is -2.83. The first kappa shape index (κ1) is 21.8. The van der Waals surface area contributed by atoms with Crippen LogP contribution >= 0.6 is 0 Å². The number of hydrogen-bond donors (Lipinski definition) is 0. The molecule has 1 aliphatic heterocycles. The van der Waals surface area contributed by atoms with E-state index in [9.17, 15) is 4.79 Å². The smallest absolute Gasteiger partial charge is 0.341 e. The van der Waals surface area contributed by atoms with E-state index in [0.29, 0.717) is 26.3 Å². The lowest BCUT2D eigenvalue weighted by molar-refractivity contribution is -0.0208. The molecule has 32 heavy (non-hydrogen) atoms. The van der Waals surface area contributed by atoms with Crippen LogP contribution in [0.3, 0.4) is 0 Å². The lowest BCUT2D eigenvalue weighted by atomic mass is 9.99. The Labute approximate surface area is 182 Å². The number of fused-ring (bicyclic) bond motifs is 1. The van der Waals surface area contributed by atoms with E-state index in [4.69, 9.17) is 18.9 Å². The van der Waals surface area contributed by atoms with E-state index in [1.54, 1.807) is 0 Å². The molecule has 1 aromatic heterocycles. The predicted octanol–water partition coefficient (Wildman–Crippen LogP) is 3.04. The lowest BCUT2D eigenvalue weighted by Crippen LogP contribution is -2.38. The number of carbonyl (C=O) groups excluding carboxylic acids is 1. The summed E-state index contributed by atoms with van der Waals surface area (Å²) < 4.78 is 50.9. The summed E-state index contributed by atoms with van der Waals surface area (Å²) in [7, 11) is 2.54. The van der Waals surface area contributed by atoms with Gasteiger partial charge in [0.25, 0.3) is 0 Å². The number of halogens is 2. The monoisotopic (exact) mass is 445 g/mol. The van der Waals surface area contributed by atoms with E-state index in [1.807, 2.05) is 4.90 Å². The highest BCUT2D eigenvalue weighted by atomic mass is 19.1. The number of morpholine rings is 1. The third kappa shape index (κ3) is 4.06. The lowest BCUT2D eigenvalue weighted by Gasteiger charge is -2.25. The van der Waals surface area contributed by atoms with Crippen molar-refractivity contribution in [2.45, 2.75) is 0 Å². The summed E-state index contributed by atoms with van der Waals surface area (Å²) in [4.78, 5) is 23.1. The summed E-state index contributed by atoms with van der Waals surface area (Å²) >= 11 is 0. The van der Waals surface area contributed by atoms with Crippen LogP contribution in [0.5, 0.6) is 11.5 Å². The van der Waals surface area contributed by atoms with Gasteiger partial charge in [-0.25, -0.2) is 13.6 Å². The highest BCUT2D eigenvalue weighted by Crippen LogP contribution is 2.40. The Morgan fingerprint density at radius 3 is 2.28 bits per heavy atom. The Balaban J connectivity index is 1.76. The Bertz CT molecular complexity index is 1120. The van der Waals surface area contributed by atoms with Gasteiger partial charge in [-0.2, -0.15) is 0 Å². The molecule has 0 aliphatic carbocycles. The molecule has 2 aromatic carbocycles. The maximum absolute atomic E-state index is 15.1. The molecule has 0 spiro atoms. The second kappa shape index (κ2) is 9.41. The van der Waals surface area contributed by atoms with Crippen LogP contribution in [-0.2, 0) is 9.47 Å². The van der Waals surface area contributed by atoms with E-state index in [0.717, 1.165) is 6.07 Å². The van der Waals surface area contributed by atoms with E-state index in [2.05, 4.69) is 9.97 Å². The molecule has 0 saturated carbocycles. The molecule has 3 aromatic rings.